The van der Waals surface area contributed by atoms with Crippen molar-refractivity contribution in [3.63, 3.8) is 0 Å². The summed E-state index contributed by atoms with van der Waals surface area (Å²) < 4.78 is 14.8. The Morgan fingerprint density at radius 3 is 2.70 bits per heavy atom. The standard InChI is InChI=1S/C17H16BrFO/c1-11-2-4-14(9-16(11)19)17(20)7-6-12-8-15(18)5-3-13(12)10-17/h2-5,8-9,20H,6-7,10H2,1H3. The second-order valence-corrected chi connectivity index (χ2v) is 6.50. The zero-order valence-electron chi connectivity index (χ0n) is 11.3. The molecule has 2 aromatic rings. The lowest BCUT2D eigenvalue weighted by atomic mass is 9.76. The minimum atomic E-state index is -0.963. The number of benzene rings is 2. The molecular formula is C17H16BrFO. The predicted octanol–water partition coefficient (Wildman–Crippen LogP) is 4.27. The van der Waals surface area contributed by atoms with E-state index in [2.05, 4.69) is 22.0 Å². The molecule has 1 aliphatic rings. The molecule has 1 nitrogen and oxygen atoms in total. The van der Waals surface area contributed by atoms with Gasteiger partial charge in [-0.1, -0.05) is 34.1 Å². The molecule has 0 heterocycles. The molecule has 20 heavy (non-hydrogen) atoms. The van der Waals surface area contributed by atoms with Crippen molar-refractivity contribution in [1.82, 2.24) is 0 Å². The molecule has 0 saturated carbocycles. The second-order valence-electron chi connectivity index (χ2n) is 5.59. The Morgan fingerprint density at radius 2 is 1.95 bits per heavy atom. The average molecular weight is 335 g/mol. The molecular weight excluding hydrogens is 319 g/mol. The summed E-state index contributed by atoms with van der Waals surface area (Å²) in [6, 6.07) is 11.2. The van der Waals surface area contributed by atoms with Crippen molar-refractivity contribution in [1.29, 1.82) is 0 Å². The molecule has 0 bridgehead atoms. The Bertz CT molecular complexity index is 668. The van der Waals surface area contributed by atoms with Crippen LogP contribution in [0.1, 0.15) is 28.7 Å². The Balaban J connectivity index is 1.98. The van der Waals surface area contributed by atoms with Gasteiger partial charge in [-0.25, -0.2) is 4.39 Å². The number of aryl methyl sites for hydroxylation is 2. The molecule has 0 aliphatic heterocycles. The largest absolute Gasteiger partial charge is 0.385 e. The van der Waals surface area contributed by atoms with E-state index in [-0.39, 0.29) is 5.82 Å². The molecule has 0 fully saturated rings. The minimum Gasteiger partial charge on any atom is -0.385 e. The third-order valence-electron chi connectivity index (χ3n) is 4.17. The van der Waals surface area contributed by atoms with Gasteiger partial charge in [0.25, 0.3) is 0 Å². The Kier molecular flexibility index (Phi) is 3.43. The fourth-order valence-electron chi connectivity index (χ4n) is 2.87. The van der Waals surface area contributed by atoms with E-state index in [1.165, 1.54) is 11.6 Å². The van der Waals surface area contributed by atoms with Gasteiger partial charge in [0.1, 0.15) is 5.82 Å². The van der Waals surface area contributed by atoms with Crippen LogP contribution in [0.15, 0.2) is 40.9 Å². The zero-order chi connectivity index (χ0) is 14.3. The SMILES string of the molecule is Cc1ccc(C2(O)CCc3cc(Br)ccc3C2)cc1F. The molecule has 1 unspecified atom stereocenters. The fourth-order valence-corrected chi connectivity index (χ4v) is 3.28. The predicted molar refractivity (Wildman–Crippen MR) is 81.2 cm³/mol. The molecule has 0 aromatic heterocycles. The number of hydrogen-bond donors (Lipinski definition) is 1. The van der Waals surface area contributed by atoms with Crippen molar-refractivity contribution in [3.8, 4) is 0 Å². The van der Waals surface area contributed by atoms with E-state index < -0.39 is 5.60 Å². The molecule has 1 aliphatic carbocycles. The lowest BCUT2D eigenvalue weighted by Crippen LogP contribution is -2.33. The molecule has 3 heteroatoms. The van der Waals surface area contributed by atoms with Crippen LogP contribution in [0.25, 0.3) is 0 Å². The highest BCUT2D eigenvalue weighted by molar-refractivity contribution is 9.10. The van der Waals surface area contributed by atoms with Crippen LogP contribution < -0.4 is 0 Å². The Labute approximate surface area is 126 Å². The summed E-state index contributed by atoms with van der Waals surface area (Å²) in [4.78, 5) is 0. The molecule has 3 rings (SSSR count). The third-order valence-corrected chi connectivity index (χ3v) is 4.66. The van der Waals surface area contributed by atoms with Crippen LogP contribution in [0.5, 0.6) is 0 Å². The monoisotopic (exact) mass is 334 g/mol. The molecule has 0 spiro atoms. The molecule has 1 atom stereocenters. The maximum absolute atomic E-state index is 13.7. The first-order valence-corrected chi connectivity index (χ1v) is 7.53. The van der Waals surface area contributed by atoms with Crippen molar-refractivity contribution < 1.29 is 9.50 Å². The smallest absolute Gasteiger partial charge is 0.126 e. The molecule has 0 radical (unpaired) electrons. The van der Waals surface area contributed by atoms with E-state index in [0.717, 1.165) is 16.5 Å². The van der Waals surface area contributed by atoms with Crippen molar-refractivity contribution in [3.05, 3.63) is 68.9 Å². The van der Waals surface area contributed by atoms with Gasteiger partial charge in [-0.15, -0.1) is 0 Å². The van der Waals surface area contributed by atoms with Gasteiger partial charge < -0.3 is 5.11 Å². The first-order chi connectivity index (χ1) is 9.48. The van der Waals surface area contributed by atoms with Gasteiger partial charge in [0.15, 0.2) is 0 Å². The molecule has 0 saturated heterocycles. The highest BCUT2D eigenvalue weighted by Gasteiger charge is 2.34. The number of hydrogen-bond acceptors (Lipinski definition) is 1. The number of fused-ring (bicyclic) bond motifs is 1. The summed E-state index contributed by atoms with van der Waals surface area (Å²) in [5.74, 6) is -0.252. The van der Waals surface area contributed by atoms with Crippen LogP contribution in [-0.2, 0) is 18.4 Å². The maximum Gasteiger partial charge on any atom is 0.126 e. The van der Waals surface area contributed by atoms with Gasteiger partial charge in [-0.3, -0.25) is 0 Å². The Hall–Kier alpha value is -1.19. The quantitative estimate of drug-likeness (QED) is 0.825. The van der Waals surface area contributed by atoms with Gasteiger partial charge >= 0.3 is 0 Å². The van der Waals surface area contributed by atoms with E-state index in [4.69, 9.17) is 0 Å². The van der Waals surface area contributed by atoms with E-state index in [0.29, 0.717) is 24.0 Å². The summed E-state index contributed by atoms with van der Waals surface area (Å²) >= 11 is 3.47. The summed E-state index contributed by atoms with van der Waals surface area (Å²) in [5, 5.41) is 10.9. The number of halogens is 2. The van der Waals surface area contributed by atoms with E-state index in [1.807, 2.05) is 18.2 Å². The molecule has 104 valence electrons. The first-order valence-electron chi connectivity index (χ1n) is 6.74. The summed E-state index contributed by atoms with van der Waals surface area (Å²) in [6.07, 6.45) is 1.97. The van der Waals surface area contributed by atoms with E-state index in [1.54, 1.807) is 13.0 Å². The lowest BCUT2D eigenvalue weighted by molar-refractivity contribution is 0.0219. The van der Waals surface area contributed by atoms with Gasteiger partial charge in [-0.2, -0.15) is 0 Å². The van der Waals surface area contributed by atoms with Crippen LogP contribution >= 0.6 is 15.9 Å². The van der Waals surface area contributed by atoms with E-state index in [9.17, 15) is 9.50 Å². The highest BCUT2D eigenvalue weighted by atomic mass is 79.9. The van der Waals surface area contributed by atoms with Crippen LogP contribution in [0.2, 0.25) is 0 Å². The molecule has 2 aromatic carbocycles. The average Bonchev–Trinajstić information content (AvgIpc) is 2.42. The molecule has 1 N–H and O–H groups in total. The van der Waals surface area contributed by atoms with Crippen molar-refractivity contribution >= 4 is 15.9 Å². The summed E-state index contributed by atoms with van der Waals surface area (Å²) in [6.45, 7) is 1.73. The number of aliphatic hydroxyl groups is 1. The van der Waals surface area contributed by atoms with Gasteiger partial charge in [0.2, 0.25) is 0 Å². The van der Waals surface area contributed by atoms with Gasteiger partial charge in [-0.05, 0) is 60.2 Å². The van der Waals surface area contributed by atoms with Gasteiger partial charge in [0.05, 0.1) is 5.60 Å². The summed E-state index contributed by atoms with van der Waals surface area (Å²) in [7, 11) is 0. The second kappa shape index (κ2) is 4.97. The number of rotatable bonds is 1. The van der Waals surface area contributed by atoms with Crippen molar-refractivity contribution in [2.75, 3.05) is 0 Å². The van der Waals surface area contributed by atoms with Crippen LogP contribution in [0, 0.1) is 12.7 Å². The normalized spacial score (nSPS) is 21.6. The first kappa shape index (κ1) is 13.8. The topological polar surface area (TPSA) is 20.2 Å². The summed E-state index contributed by atoms with van der Waals surface area (Å²) in [5.41, 5.74) is 2.72. The lowest BCUT2D eigenvalue weighted by Gasteiger charge is -2.34. The van der Waals surface area contributed by atoms with Gasteiger partial charge in [0, 0.05) is 10.9 Å². The maximum atomic E-state index is 13.7. The highest BCUT2D eigenvalue weighted by Crippen LogP contribution is 2.37. The Morgan fingerprint density at radius 1 is 1.15 bits per heavy atom. The van der Waals surface area contributed by atoms with Crippen LogP contribution in [-0.4, -0.2) is 5.11 Å². The fraction of sp³-hybridized carbons (Fsp3) is 0.294. The third kappa shape index (κ3) is 2.40. The molecule has 0 amide bonds. The van der Waals surface area contributed by atoms with Crippen LogP contribution in [0.3, 0.4) is 0 Å². The van der Waals surface area contributed by atoms with Crippen molar-refractivity contribution in [2.45, 2.75) is 31.8 Å². The van der Waals surface area contributed by atoms with Crippen LogP contribution in [0.4, 0.5) is 4.39 Å². The zero-order valence-corrected chi connectivity index (χ0v) is 12.9. The minimum absolute atomic E-state index is 0.252. The van der Waals surface area contributed by atoms with Crippen molar-refractivity contribution in [2.24, 2.45) is 0 Å². The van der Waals surface area contributed by atoms with E-state index >= 15 is 0 Å².